The molecule has 1 atom stereocenters. The minimum Gasteiger partial charge on any atom is -0.354 e. The molecule has 2 aromatic rings. The highest BCUT2D eigenvalue weighted by Gasteiger charge is 2.33. The van der Waals surface area contributed by atoms with Gasteiger partial charge in [-0.05, 0) is 48.1 Å². The SMILES string of the molecule is O=C1NCCN(C(=O)C2CCC2)C[C@@H]1Cc1cccc(-c2ccc(F)cc2)c1. The second-order valence-electron chi connectivity index (χ2n) is 7.81. The lowest BCUT2D eigenvalue weighted by Crippen LogP contribution is -2.42. The van der Waals surface area contributed by atoms with Crippen LogP contribution in [-0.2, 0) is 16.0 Å². The number of hydrogen-bond donors (Lipinski definition) is 1. The first kappa shape index (κ1) is 18.7. The topological polar surface area (TPSA) is 49.4 Å². The van der Waals surface area contributed by atoms with Crippen molar-refractivity contribution in [2.24, 2.45) is 11.8 Å². The summed E-state index contributed by atoms with van der Waals surface area (Å²) in [7, 11) is 0. The van der Waals surface area contributed by atoms with Gasteiger partial charge in [-0.15, -0.1) is 0 Å². The largest absolute Gasteiger partial charge is 0.354 e. The Kier molecular flexibility index (Phi) is 5.42. The average Bonchev–Trinajstić information content (AvgIpc) is 2.83. The van der Waals surface area contributed by atoms with Crippen molar-refractivity contribution >= 4 is 11.8 Å². The van der Waals surface area contributed by atoms with Crippen molar-refractivity contribution in [3.05, 3.63) is 59.9 Å². The molecule has 1 aliphatic heterocycles. The zero-order valence-electron chi connectivity index (χ0n) is 15.9. The Hall–Kier alpha value is -2.69. The van der Waals surface area contributed by atoms with Gasteiger partial charge >= 0.3 is 0 Å². The molecule has 0 aromatic heterocycles. The Balaban J connectivity index is 1.49. The fraction of sp³-hybridized carbons (Fsp3) is 0.391. The third-order valence-corrected chi connectivity index (χ3v) is 5.85. The van der Waals surface area contributed by atoms with Crippen LogP contribution in [0.5, 0.6) is 0 Å². The second kappa shape index (κ2) is 8.13. The van der Waals surface area contributed by atoms with E-state index < -0.39 is 0 Å². The molecule has 28 heavy (non-hydrogen) atoms. The maximum Gasteiger partial charge on any atom is 0.225 e. The van der Waals surface area contributed by atoms with E-state index in [-0.39, 0.29) is 29.5 Å². The molecule has 1 saturated carbocycles. The molecular formula is C23H25FN2O2. The number of carbonyl (C=O) groups excluding carboxylic acids is 2. The van der Waals surface area contributed by atoms with Crippen LogP contribution in [0.1, 0.15) is 24.8 Å². The highest BCUT2D eigenvalue weighted by Crippen LogP contribution is 2.29. The van der Waals surface area contributed by atoms with Crippen molar-refractivity contribution in [1.29, 1.82) is 0 Å². The van der Waals surface area contributed by atoms with E-state index >= 15 is 0 Å². The van der Waals surface area contributed by atoms with Gasteiger partial charge in [0.2, 0.25) is 11.8 Å². The van der Waals surface area contributed by atoms with Crippen molar-refractivity contribution in [3.8, 4) is 11.1 Å². The summed E-state index contributed by atoms with van der Waals surface area (Å²) in [5.74, 6) is -0.152. The maximum absolute atomic E-state index is 13.2. The number of amides is 2. The summed E-state index contributed by atoms with van der Waals surface area (Å²) < 4.78 is 13.2. The molecule has 0 bridgehead atoms. The van der Waals surface area contributed by atoms with Crippen molar-refractivity contribution < 1.29 is 14.0 Å². The average molecular weight is 380 g/mol. The molecule has 1 heterocycles. The molecule has 4 nitrogen and oxygen atoms in total. The number of hydrogen-bond acceptors (Lipinski definition) is 2. The molecular weight excluding hydrogens is 355 g/mol. The van der Waals surface area contributed by atoms with Gasteiger partial charge < -0.3 is 10.2 Å². The quantitative estimate of drug-likeness (QED) is 0.884. The van der Waals surface area contributed by atoms with Crippen LogP contribution in [0.2, 0.25) is 0 Å². The van der Waals surface area contributed by atoms with Crippen LogP contribution in [0.4, 0.5) is 4.39 Å². The maximum atomic E-state index is 13.2. The summed E-state index contributed by atoms with van der Waals surface area (Å²) in [6, 6.07) is 14.4. The third kappa shape index (κ3) is 4.08. The molecule has 2 amide bonds. The summed E-state index contributed by atoms with van der Waals surface area (Å²) in [6.07, 6.45) is 3.65. The first-order valence-corrected chi connectivity index (χ1v) is 10.0. The molecule has 0 radical (unpaired) electrons. The Labute approximate surface area is 164 Å². The number of benzene rings is 2. The molecule has 146 valence electrons. The van der Waals surface area contributed by atoms with Crippen LogP contribution in [0.3, 0.4) is 0 Å². The lowest BCUT2D eigenvalue weighted by atomic mass is 9.84. The highest BCUT2D eigenvalue weighted by atomic mass is 19.1. The molecule has 2 fully saturated rings. The monoisotopic (exact) mass is 380 g/mol. The minimum absolute atomic E-state index is 0.0103. The lowest BCUT2D eigenvalue weighted by molar-refractivity contribution is -0.138. The van der Waals surface area contributed by atoms with Crippen LogP contribution in [0.25, 0.3) is 11.1 Å². The van der Waals surface area contributed by atoms with Crippen molar-refractivity contribution in [2.75, 3.05) is 19.6 Å². The van der Waals surface area contributed by atoms with Crippen LogP contribution in [-0.4, -0.2) is 36.3 Å². The molecule has 4 rings (SSSR count). The predicted molar refractivity (Wildman–Crippen MR) is 106 cm³/mol. The zero-order valence-corrected chi connectivity index (χ0v) is 15.9. The molecule has 1 aliphatic carbocycles. The van der Waals surface area contributed by atoms with Gasteiger partial charge in [-0.2, -0.15) is 0 Å². The van der Waals surface area contributed by atoms with Crippen molar-refractivity contribution in [3.63, 3.8) is 0 Å². The van der Waals surface area contributed by atoms with Gasteiger partial charge in [0.05, 0.1) is 5.92 Å². The molecule has 0 unspecified atom stereocenters. The molecule has 2 aliphatic rings. The normalized spacial score (nSPS) is 20.2. The Morgan fingerprint density at radius 3 is 2.61 bits per heavy atom. The molecule has 5 heteroatoms. The fourth-order valence-corrected chi connectivity index (χ4v) is 3.97. The standard InChI is InChI=1S/C23H25FN2O2/c24-21-9-7-17(8-10-21)19-6-1-3-16(13-19)14-20-15-26(12-11-25-22(20)27)23(28)18-4-2-5-18/h1,3,6-10,13,18,20H,2,4-5,11-12,14-15H2,(H,25,27)/t20-/m0/s1. The molecule has 0 spiro atoms. The van der Waals surface area contributed by atoms with Crippen LogP contribution in [0, 0.1) is 17.7 Å². The Bertz CT molecular complexity index is 861. The lowest BCUT2D eigenvalue weighted by Gasteiger charge is -2.31. The summed E-state index contributed by atoms with van der Waals surface area (Å²) in [6.45, 7) is 1.58. The number of carbonyl (C=O) groups is 2. The summed E-state index contributed by atoms with van der Waals surface area (Å²) in [5.41, 5.74) is 2.98. The second-order valence-corrected chi connectivity index (χ2v) is 7.81. The Morgan fingerprint density at radius 2 is 1.89 bits per heavy atom. The molecule has 2 aromatic carbocycles. The van der Waals surface area contributed by atoms with Crippen LogP contribution < -0.4 is 5.32 Å². The van der Waals surface area contributed by atoms with Gasteiger partial charge in [0, 0.05) is 25.6 Å². The highest BCUT2D eigenvalue weighted by molar-refractivity contribution is 5.83. The van der Waals surface area contributed by atoms with E-state index in [0.717, 1.165) is 36.0 Å². The van der Waals surface area contributed by atoms with Crippen molar-refractivity contribution in [2.45, 2.75) is 25.7 Å². The van der Waals surface area contributed by atoms with E-state index in [4.69, 9.17) is 0 Å². The molecule has 1 N–H and O–H groups in total. The van der Waals surface area contributed by atoms with Gasteiger partial charge in [-0.3, -0.25) is 9.59 Å². The van der Waals surface area contributed by atoms with E-state index in [2.05, 4.69) is 5.32 Å². The zero-order chi connectivity index (χ0) is 19.5. The smallest absolute Gasteiger partial charge is 0.225 e. The minimum atomic E-state index is -0.258. The van der Waals surface area contributed by atoms with E-state index in [1.165, 1.54) is 12.1 Å². The number of nitrogens with one attached hydrogen (secondary N) is 1. The fourth-order valence-electron chi connectivity index (χ4n) is 3.97. The van der Waals surface area contributed by atoms with E-state index in [1.807, 2.05) is 29.2 Å². The first-order valence-electron chi connectivity index (χ1n) is 10.0. The summed E-state index contributed by atoms with van der Waals surface area (Å²) in [5, 5.41) is 2.95. The third-order valence-electron chi connectivity index (χ3n) is 5.85. The number of nitrogens with zero attached hydrogens (tertiary/aromatic N) is 1. The van der Waals surface area contributed by atoms with Crippen molar-refractivity contribution in [1.82, 2.24) is 10.2 Å². The summed E-state index contributed by atoms with van der Waals surface area (Å²) in [4.78, 5) is 27.1. The van der Waals surface area contributed by atoms with E-state index in [0.29, 0.717) is 26.1 Å². The van der Waals surface area contributed by atoms with E-state index in [1.54, 1.807) is 12.1 Å². The van der Waals surface area contributed by atoms with Crippen LogP contribution in [0.15, 0.2) is 48.5 Å². The Morgan fingerprint density at radius 1 is 1.11 bits per heavy atom. The van der Waals surface area contributed by atoms with Gasteiger partial charge in [-0.1, -0.05) is 42.8 Å². The van der Waals surface area contributed by atoms with E-state index in [9.17, 15) is 14.0 Å². The van der Waals surface area contributed by atoms with Gasteiger partial charge in [0.25, 0.3) is 0 Å². The molecule has 1 saturated heterocycles. The predicted octanol–water partition coefficient (Wildman–Crippen LogP) is 3.41. The van der Waals surface area contributed by atoms with Gasteiger partial charge in [-0.25, -0.2) is 4.39 Å². The summed E-state index contributed by atoms with van der Waals surface area (Å²) >= 11 is 0. The number of rotatable bonds is 4. The van der Waals surface area contributed by atoms with Gasteiger partial charge in [0.15, 0.2) is 0 Å². The number of halogens is 1. The first-order chi connectivity index (χ1) is 13.6. The van der Waals surface area contributed by atoms with Crippen LogP contribution >= 0.6 is 0 Å². The van der Waals surface area contributed by atoms with Gasteiger partial charge in [0.1, 0.15) is 5.82 Å².